The van der Waals surface area contributed by atoms with Gasteiger partial charge < -0.3 is 10.4 Å². The minimum atomic E-state index is -1.00. The molecule has 1 amide bonds. The molecule has 0 aliphatic rings. The average molecular weight is 363 g/mol. The van der Waals surface area contributed by atoms with E-state index in [0.29, 0.717) is 18.5 Å². The lowest BCUT2D eigenvalue weighted by Crippen LogP contribution is -2.12. The van der Waals surface area contributed by atoms with E-state index in [0.717, 1.165) is 29.2 Å². The molecular weight excluding hydrogens is 338 g/mol. The molecule has 27 heavy (non-hydrogen) atoms. The van der Waals surface area contributed by atoms with Crippen LogP contribution >= 0.6 is 0 Å². The maximum Gasteiger partial charge on any atom is 0.328 e. The lowest BCUT2D eigenvalue weighted by Gasteiger charge is -2.09. The first-order valence-electron chi connectivity index (χ1n) is 8.94. The Bertz CT molecular complexity index is 847. The van der Waals surface area contributed by atoms with Crippen LogP contribution in [0.25, 0.3) is 6.08 Å². The van der Waals surface area contributed by atoms with Gasteiger partial charge >= 0.3 is 5.97 Å². The Kier molecular flexibility index (Phi) is 7.56. The second kappa shape index (κ2) is 10.1. The van der Waals surface area contributed by atoms with Gasteiger partial charge in [0.2, 0.25) is 5.91 Å². The topological polar surface area (TPSA) is 66.4 Å². The highest BCUT2D eigenvalue weighted by Crippen LogP contribution is 2.18. The number of aliphatic carboxylic acids is 1. The summed E-state index contributed by atoms with van der Waals surface area (Å²) >= 11 is 0. The van der Waals surface area contributed by atoms with Crippen LogP contribution in [0, 0.1) is 0 Å². The summed E-state index contributed by atoms with van der Waals surface area (Å²) in [4.78, 5) is 23.1. The fourth-order valence-corrected chi connectivity index (χ4v) is 2.62. The van der Waals surface area contributed by atoms with Crippen LogP contribution in [0.15, 0.2) is 66.3 Å². The standard InChI is InChI=1S/C23H25NO3/c1-17(2)8-9-19-14-20(11-13-23(26)27)16-21(15-19)24-22(25)12-10-18-6-4-3-5-7-18/h3-8,11,13-16H,9-10,12H2,1-2H3,(H,24,25)(H,26,27)/b13-11+. The van der Waals surface area contributed by atoms with Crippen LogP contribution in [0.1, 0.15) is 37.0 Å². The first-order valence-corrected chi connectivity index (χ1v) is 8.94. The summed E-state index contributed by atoms with van der Waals surface area (Å²) in [6.45, 7) is 4.06. The van der Waals surface area contributed by atoms with E-state index >= 15 is 0 Å². The van der Waals surface area contributed by atoms with Gasteiger partial charge in [-0.05, 0) is 61.6 Å². The number of benzene rings is 2. The molecule has 0 aromatic heterocycles. The molecule has 140 valence electrons. The molecule has 4 nitrogen and oxygen atoms in total. The van der Waals surface area contributed by atoms with Crippen LogP contribution in [0.4, 0.5) is 5.69 Å². The van der Waals surface area contributed by atoms with Crippen LogP contribution < -0.4 is 5.32 Å². The molecule has 0 aliphatic heterocycles. The number of nitrogens with one attached hydrogen (secondary N) is 1. The maximum absolute atomic E-state index is 12.3. The zero-order valence-corrected chi connectivity index (χ0v) is 15.7. The summed E-state index contributed by atoms with van der Waals surface area (Å²) < 4.78 is 0. The van der Waals surface area contributed by atoms with Gasteiger partial charge in [0.25, 0.3) is 0 Å². The third-order valence-corrected chi connectivity index (χ3v) is 3.95. The molecule has 4 heteroatoms. The Balaban J connectivity index is 2.11. The Hall–Kier alpha value is -3.14. The Labute approximate surface area is 160 Å². The molecule has 0 saturated carbocycles. The van der Waals surface area contributed by atoms with Crippen LogP contribution in [0.5, 0.6) is 0 Å². The van der Waals surface area contributed by atoms with Crippen molar-refractivity contribution in [2.75, 3.05) is 5.32 Å². The molecule has 0 heterocycles. The molecule has 2 aromatic rings. The number of aryl methyl sites for hydroxylation is 1. The molecule has 0 bridgehead atoms. The molecule has 0 spiro atoms. The second-order valence-electron chi connectivity index (χ2n) is 6.65. The number of amides is 1. The number of anilines is 1. The van der Waals surface area contributed by atoms with Crippen molar-refractivity contribution in [1.82, 2.24) is 0 Å². The molecule has 2 N–H and O–H groups in total. The van der Waals surface area contributed by atoms with E-state index < -0.39 is 5.97 Å². The van der Waals surface area contributed by atoms with E-state index in [4.69, 9.17) is 5.11 Å². The molecule has 0 radical (unpaired) electrons. The number of allylic oxidation sites excluding steroid dienone is 2. The number of hydrogen-bond acceptors (Lipinski definition) is 2. The molecule has 0 unspecified atom stereocenters. The minimum absolute atomic E-state index is 0.0635. The number of carbonyl (C=O) groups excluding carboxylic acids is 1. The summed E-state index contributed by atoms with van der Waals surface area (Å²) in [6, 6.07) is 15.5. The lowest BCUT2D eigenvalue weighted by molar-refractivity contribution is -0.131. The molecule has 0 aliphatic carbocycles. The molecule has 0 atom stereocenters. The van der Waals surface area contributed by atoms with Crippen molar-refractivity contribution >= 4 is 23.6 Å². The van der Waals surface area contributed by atoms with Crippen LogP contribution in [0.3, 0.4) is 0 Å². The zero-order chi connectivity index (χ0) is 19.6. The first kappa shape index (κ1) is 20.2. The summed E-state index contributed by atoms with van der Waals surface area (Å²) in [5.74, 6) is -1.07. The Morgan fingerprint density at radius 3 is 2.44 bits per heavy atom. The van der Waals surface area contributed by atoms with Crippen molar-refractivity contribution in [1.29, 1.82) is 0 Å². The fraction of sp³-hybridized carbons (Fsp3) is 0.217. The Morgan fingerprint density at radius 1 is 1.04 bits per heavy atom. The average Bonchev–Trinajstić information content (AvgIpc) is 2.64. The lowest BCUT2D eigenvalue weighted by atomic mass is 10.0. The van der Waals surface area contributed by atoms with E-state index in [9.17, 15) is 9.59 Å². The van der Waals surface area contributed by atoms with Crippen molar-refractivity contribution in [3.8, 4) is 0 Å². The highest BCUT2D eigenvalue weighted by Gasteiger charge is 2.06. The van der Waals surface area contributed by atoms with Gasteiger partial charge in [0.1, 0.15) is 0 Å². The summed E-state index contributed by atoms with van der Waals surface area (Å²) in [5.41, 5.74) is 4.76. The largest absolute Gasteiger partial charge is 0.478 e. The van der Waals surface area contributed by atoms with E-state index in [1.807, 2.05) is 56.3 Å². The number of carboxylic acid groups (broad SMARTS) is 1. The fourth-order valence-electron chi connectivity index (χ4n) is 2.62. The minimum Gasteiger partial charge on any atom is -0.478 e. The molecule has 0 saturated heterocycles. The monoisotopic (exact) mass is 363 g/mol. The molecular formula is C23H25NO3. The van der Waals surface area contributed by atoms with Gasteiger partial charge in [0.05, 0.1) is 0 Å². The first-order chi connectivity index (χ1) is 12.9. The predicted molar refractivity (Wildman–Crippen MR) is 110 cm³/mol. The smallest absolute Gasteiger partial charge is 0.328 e. The van der Waals surface area contributed by atoms with Gasteiger partial charge in [-0.1, -0.05) is 48.0 Å². The van der Waals surface area contributed by atoms with E-state index in [2.05, 4.69) is 11.4 Å². The number of hydrogen-bond donors (Lipinski definition) is 2. The third kappa shape index (κ3) is 7.74. The van der Waals surface area contributed by atoms with Crippen molar-refractivity contribution in [3.05, 3.63) is 82.9 Å². The highest BCUT2D eigenvalue weighted by molar-refractivity contribution is 5.91. The SMILES string of the molecule is CC(C)=CCc1cc(/C=C/C(=O)O)cc(NC(=O)CCc2ccccc2)c1. The van der Waals surface area contributed by atoms with Gasteiger partial charge in [-0.15, -0.1) is 0 Å². The van der Waals surface area contributed by atoms with Gasteiger partial charge in [-0.2, -0.15) is 0 Å². The number of rotatable bonds is 8. The quantitative estimate of drug-likeness (QED) is 0.520. The van der Waals surface area contributed by atoms with Crippen LogP contribution in [-0.2, 0) is 22.4 Å². The van der Waals surface area contributed by atoms with Crippen molar-refractivity contribution < 1.29 is 14.7 Å². The number of carboxylic acids is 1. The summed E-state index contributed by atoms with van der Waals surface area (Å²) in [5, 5.41) is 11.8. The number of carbonyl (C=O) groups is 2. The van der Waals surface area contributed by atoms with Gasteiger partial charge in [-0.3, -0.25) is 4.79 Å². The van der Waals surface area contributed by atoms with E-state index in [1.54, 1.807) is 6.07 Å². The predicted octanol–water partition coefficient (Wildman–Crippen LogP) is 4.86. The molecule has 2 aromatic carbocycles. The van der Waals surface area contributed by atoms with E-state index in [1.165, 1.54) is 11.6 Å². The van der Waals surface area contributed by atoms with Crippen LogP contribution in [0.2, 0.25) is 0 Å². The Morgan fingerprint density at radius 2 is 1.78 bits per heavy atom. The van der Waals surface area contributed by atoms with Gasteiger partial charge in [0, 0.05) is 18.2 Å². The van der Waals surface area contributed by atoms with Crippen molar-refractivity contribution in [2.24, 2.45) is 0 Å². The van der Waals surface area contributed by atoms with E-state index in [-0.39, 0.29) is 5.91 Å². The van der Waals surface area contributed by atoms with Gasteiger partial charge in [-0.25, -0.2) is 4.79 Å². The normalized spacial score (nSPS) is 10.6. The third-order valence-electron chi connectivity index (χ3n) is 3.95. The summed E-state index contributed by atoms with van der Waals surface area (Å²) in [6.07, 6.45) is 6.53. The second-order valence-corrected chi connectivity index (χ2v) is 6.65. The molecule has 2 rings (SSSR count). The van der Waals surface area contributed by atoms with Crippen LogP contribution in [-0.4, -0.2) is 17.0 Å². The highest BCUT2D eigenvalue weighted by atomic mass is 16.4. The van der Waals surface area contributed by atoms with Crippen molar-refractivity contribution in [3.63, 3.8) is 0 Å². The molecule has 0 fully saturated rings. The van der Waals surface area contributed by atoms with Gasteiger partial charge in [0.15, 0.2) is 0 Å². The summed E-state index contributed by atoms with van der Waals surface area (Å²) in [7, 11) is 0. The maximum atomic E-state index is 12.3. The van der Waals surface area contributed by atoms with Crippen molar-refractivity contribution in [2.45, 2.75) is 33.1 Å². The zero-order valence-electron chi connectivity index (χ0n) is 15.7.